The molecule has 2 heterocycles. The molecule has 1 aromatic heterocycles. The fraction of sp³-hybridized carbons (Fsp3) is 0.438. The monoisotopic (exact) mass is 370 g/mol. The fourth-order valence-electron chi connectivity index (χ4n) is 2.70. The van der Waals surface area contributed by atoms with Crippen LogP contribution in [0.5, 0.6) is 17.2 Å². The summed E-state index contributed by atoms with van der Waals surface area (Å²) in [7, 11) is 1.22. The van der Waals surface area contributed by atoms with E-state index in [9.17, 15) is 30.3 Å². The predicted octanol–water partition coefficient (Wildman–Crippen LogP) is -1.31. The van der Waals surface area contributed by atoms with Crippen molar-refractivity contribution in [2.24, 2.45) is 0 Å². The first-order valence-electron chi connectivity index (χ1n) is 7.68. The summed E-state index contributed by atoms with van der Waals surface area (Å²) in [5, 5.41) is 48.9. The van der Waals surface area contributed by atoms with Gasteiger partial charge in [0.25, 0.3) is 0 Å². The van der Waals surface area contributed by atoms with Crippen molar-refractivity contribution in [3.05, 3.63) is 28.6 Å². The molecule has 0 amide bonds. The van der Waals surface area contributed by atoms with Gasteiger partial charge in [0.2, 0.25) is 12.0 Å². The van der Waals surface area contributed by atoms with Crippen molar-refractivity contribution in [1.82, 2.24) is 0 Å². The zero-order valence-corrected chi connectivity index (χ0v) is 13.6. The first-order chi connectivity index (χ1) is 12.4. The Bertz CT molecular complexity index is 845. The number of aliphatic hydroxyl groups is 4. The molecule has 0 spiro atoms. The van der Waals surface area contributed by atoms with Gasteiger partial charge in [-0.1, -0.05) is 0 Å². The van der Waals surface area contributed by atoms with Crippen molar-refractivity contribution in [1.29, 1.82) is 0 Å². The molecule has 10 heteroatoms. The van der Waals surface area contributed by atoms with Crippen LogP contribution in [0.1, 0.15) is 0 Å². The van der Waals surface area contributed by atoms with E-state index in [2.05, 4.69) is 0 Å². The fourth-order valence-corrected chi connectivity index (χ4v) is 2.70. The number of fused-ring (bicyclic) bond motifs is 1. The Morgan fingerprint density at radius 3 is 2.54 bits per heavy atom. The molecule has 1 fully saturated rings. The zero-order valence-electron chi connectivity index (χ0n) is 13.6. The number of aliphatic hydroxyl groups excluding tert-OH is 4. The van der Waals surface area contributed by atoms with E-state index in [1.54, 1.807) is 0 Å². The molecule has 5 N–H and O–H groups in total. The Balaban J connectivity index is 1.90. The highest BCUT2D eigenvalue weighted by Gasteiger charge is 2.44. The molecule has 0 saturated carbocycles. The van der Waals surface area contributed by atoms with Gasteiger partial charge in [0, 0.05) is 6.07 Å². The van der Waals surface area contributed by atoms with Crippen LogP contribution >= 0.6 is 0 Å². The molecule has 26 heavy (non-hydrogen) atoms. The lowest BCUT2D eigenvalue weighted by Gasteiger charge is -2.39. The van der Waals surface area contributed by atoms with Crippen molar-refractivity contribution >= 4 is 11.0 Å². The molecule has 5 atom stereocenters. The average molecular weight is 370 g/mol. The zero-order chi connectivity index (χ0) is 19.0. The topological polar surface area (TPSA) is 159 Å². The van der Waals surface area contributed by atoms with Crippen molar-refractivity contribution in [3.8, 4) is 17.2 Å². The number of aromatic hydroxyl groups is 1. The third-order valence-electron chi connectivity index (χ3n) is 4.12. The lowest BCUT2D eigenvalue weighted by atomic mass is 9.99. The van der Waals surface area contributed by atoms with Crippen LogP contribution in [0.3, 0.4) is 0 Å². The highest BCUT2D eigenvalue weighted by atomic mass is 16.7. The molecule has 2 aromatic rings. The van der Waals surface area contributed by atoms with Crippen molar-refractivity contribution in [2.75, 3.05) is 13.7 Å². The van der Waals surface area contributed by atoms with Crippen molar-refractivity contribution < 1.29 is 44.2 Å². The minimum atomic E-state index is -1.59. The van der Waals surface area contributed by atoms with E-state index in [0.29, 0.717) is 0 Å². The van der Waals surface area contributed by atoms with Gasteiger partial charge in [-0.25, -0.2) is 4.79 Å². The first-order valence-corrected chi connectivity index (χ1v) is 7.68. The summed E-state index contributed by atoms with van der Waals surface area (Å²) < 4.78 is 20.5. The van der Waals surface area contributed by atoms with Crippen LogP contribution in [-0.4, -0.2) is 70.0 Å². The second-order valence-electron chi connectivity index (χ2n) is 5.74. The van der Waals surface area contributed by atoms with E-state index in [4.69, 9.17) is 18.6 Å². The second-order valence-corrected chi connectivity index (χ2v) is 5.74. The van der Waals surface area contributed by atoms with Crippen LogP contribution in [0.2, 0.25) is 0 Å². The maximum absolute atomic E-state index is 11.8. The Labute approximate surface area is 146 Å². The van der Waals surface area contributed by atoms with Crippen LogP contribution < -0.4 is 15.1 Å². The number of benzene rings is 1. The second kappa shape index (κ2) is 7.09. The number of ether oxygens (including phenoxy) is 3. The first kappa shape index (κ1) is 18.4. The minimum Gasteiger partial charge on any atom is -0.504 e. The van der Waals surface area contributed by atoms with E-state index in [-0.39, 0.29) is 22.5 Å². The standard InChI is InChI=1S/C16H18O10/c1-23-14-10(18)7-3-2-6(4-8(7)25-15(14)22)24-16-13(21)12(20)11(19)9(5-17)26-16/h2-4,9,11-13,16-21H,5H2,1H3/t9-,11-,12+,13-,16-/m1/s1. The number of methoxy groups -OCH3 is 1. The molecule has 1 saturated heterocycles. The Hall–Kier alpha value is -2.37. The number of hydrogen-bond acceptors (Lipinski definition) is 10. The highest BCUT2D eigenvalue weighted by Crippen LogP contribution is 2.33. The smallest absolute Gasteiger partial charge is 0.383 e. The van der Waals surface area contributed by atoms with Gasteiger partial charge in [-0.05, 0) is 12.1 Å². The molecule has 142 valence electrons. The predicted molar refractivity (Wildman–Crippen MR) is 85.1 cm³/mol. The SMILES string of the molecule is COc1c(O)c2ccc(O[C@@H]3O[C@H](CO)[C@@H](O)[C@H](O)[C@H]3O)cc2oc1=O. The molecule has 1 aliphatic heterocycles. The maximum atomic E-state index is 11.8. The van der Waals surface area contributed by atoms with Crippen LogP contribution in [0.25, 0.3) is 11.0 Å². The third kappa shape index (κ3) is 3.08. The van der Waals surface area contributed by atoms with Crippen LogP contribution in [0.4, 0.5) is 0 Å². The van der Waals surface area contributed by atoms with Gasteiger partial charge in [0.1, 0.15) is 35.7 Å². The summed E-state index contributed by atoms with van der Waals surface area (Å²) in [6.07, 6.45) is -7.18. The van der Waals surface area contributed by atoms with Gasteiger partial charge in [0.15, 0.2) is 5.75 Å². The van der Waals surface area contributed by atoms with Gasteiger partial charge in [-0.3, -0.25) is 0 Å². The summed E-state index contributed by atoms with van der Waals surface area (Å²) in [4.78, 5) is 11.8. The molecular formula is C16H18O10. The van der Waals surface area contributed by atoms with Gasteiger partial charge >= 0.3 is 5.63 Å². The molecule has 1 aromatic carbocycles. The summed E-state index contributed by atoms with van der Waals surface area (Å²) >= 11 is 0. The van der Waals surface area contributed by atoms with Crippen LogP contribution in [-0.2, 0) is 4.74 Å². The lowest BCUT2D eigenvalue weighted by Crippen LogP contribution is -2.60. The molecule has 1 aliphatic rings. The molecule has 10 nitrogen and oxygen atoms in total. The van der Waals surface area contributed by atoms with E-state index in [1.807, 2.05) is 0 Å². The highest BCUT2D eigenvalue weighted by molar-refractivity contribution is 5.86. The normalized spacial score (nSPS) is 28.9. The van der Waals surface area contributed by atoms with Gasteiger partial charge < -0.3 is 44.2 Å². The molecule has 0 bridgehead atoms. The van der Waals surface area contributed by atoms with E-state index in [1.165, 1.54) is 25.3 Å². The maximum Gasteiger partial charge on any atom is 0.383 e. The Morgan fingerprint density at radius 1 is 1.15 bits per heavy atom. The average Bonchev–Trinajstić information content (AvgIpc) is 2.62. The summed E-state index contributed by atoms with van der Waals surface area (Å²) in [5.74, 6) is -0.632. The third-order valence-corrected chi connectivity index (χ3v) is 4.12. The number of hydrogen-bond donors (Lipinski definition) is 5. The summed E-state index contributed by atoms with van der Waals surface area (Å²) in [6.45, 7) is -0.592. The number of rotatable bonds is 4. The molecule has 0 radical (unpaired) electrons. The summed E-state index contributed by atoms with van der Waals surface area (Å²) in [5.41, 5.74) is -0.891. The Morgan fingerprint density at radius 2 is 1.88 bits per heavy atom. The van der Waals surface area contributed by atoms with Crippen molar-refractivity contribution in [2.45, 2.75) is 30.7 Å². The molecule has 3 rings (SSSR count). The van der Waals surface area contributed by atoms with Crippen molar-refractivity contribution in [3.63, 3.8) is 0 Å². The van der Waals surface area contributed by atoms with Gasteiger partial charge in [-0.2, -0.15) is 0 Å². The molecule has 0 unspecified atom stereocenters. The van der Waals surface area contributed by atoms with E-state index >= 15 is 0 Å². The van der Waals surface area contributed by atoms with E-state index in [0.717, 1.165) is 0 Å². The van der Waals surface area contributed by atoms with Crippen LogP contribution in [0, 0.1) is 0 Å². The molecule has 0 aliphatic carbocycles. The Kier molecular flexibility index (Phi) is 5.03. The van der Waals surface area contributed by atoms with Crippen LogP contribution in [0.15, 0.2) is 27.4 Å². The van der Waals surface area contributed by atoms with E-state index < -0.39 is 48.7 Å². The quantitative estimate of drug-likeness (QED) is 0.409. The van der Waals surface area contributed by atoms with Gasteiger partial charge in [0.05, 0.1) is 19.1 Å². The minimum absolute atomic E-state index is 0.00427. The van der Waals surface area contributed by atoms with Gasteiger partial charge in [-0.15, -0.1) is 0 Å². The molecular weight excluding hydrogens is 352 g/mol. The largest absolute Gasteiger partial charge is 0.504 e. The summed E-state index contributed by atoms with van der Waals surface area (Å²) in [6, 6.07) is 4.08. The lowest BCUT2D eigenvalue weighted by molar-refractivity contribution is -0.277.